The summed E-state index contributed by atoms with van der Waals surface area (Å²) in [5, 5.41) is 22.3. The summed E-state index contributed by atoms with van der Waals surface area (Å²) in [4.78, 5) is 39.3. The van der Waals surface area contributed by atoms with Gasteiger partial charge >= 0.3 is 5.97 Å². The number of anilines is 2. The van der Waals surface area contributed by atoms with E-state index in [-0.39, 0.29) is 28.8 Å². The Bertz CT molecular complexity index is 1640. The van der Waals surface area contributed by atoms with Gasteiger partial charge in [-0.15, -0.1) is 10.2 Å². The zero-order valence-corrected chi connectivity index (χ0v) is 24.1. The molecule has 1 unspecified atom stereocenters. The van der Waals surface area contributed by atoms with Gasteiger partial charge in [-0.05, 0) is 42.7 Å². The molecule has 1 aromatic heterocycles. The van der Waals surface area contributed by atoms with Crippen molar-refractivity contribution in [3.63, 3.8) is 0 Å². The number of para-hydroxylation sites is 1. The second kappa shape index (κ2) is 12.1. The number of hydrogen-bond donors (Lipinski definition) is 2. The quantitative estimate of drug-likeness (QED) is 0.277. The van der Waals surface area contributed by atoms with Crippen LogP contribution in [0, 0.1) is 11.3 Å². The molecule has 3 N–H and O–H groups in total. The number of nitrogens with one attached hydrogen (secondary N) is 1. The Morgan fingerprint density at radius 3 is 2.68 bits per heavy atom. The second-order valence-electron chi connectivity index (χ2n) is 9.10. The molecule has 2 heterocycles. The summed E-state index contributed by atoms with van der Waals surface area (Å²) in [6, 6.07) is 15.8. The summed E-state index contributed by atoms with van der Waals surface area (Å²) >= 11 is 8.53. The van der Waals surface area contributed by atoms with Crippen molar-refractivity contribution in [1.29, 1.82) is 5.26 Å². The van der Waals surface area contributed by atoms with E-state index >= 15 is 0 Å². The number of ether oxygens (including phenoxy) is 1. The standard InChI is InChI=1S/C28H23ClN6O4S2/c1-39-26(38)16-11-9-15(10-12-16)23-17(13-30)25(31)35(20-7-4-8-21(36)24(20)23)27-33-34-28(41-27)40-14-22(37)32-19-6-3-2-5-18(19)29/h2-3,5-6,9-12,23H,4,7-8,14,31H2,1H3,(H,32,37). The molecule has 0 radical (unpaired) electrons. The molecule has 0 bridgehead atoms. The Balaban J connectivity index is 1.43. The van der Waals surface area contributed by atoms with Crippen LogP contribution in [0.5, 0.6) is 0 Å². The number of nitriles is 1. The highest BCUT2D eigenvalue weighted by molar-refractivity contribution is 8.01. The molecular formula is C28H23ClN6O4S2. The van der Waals surface area contributed by atoms with Gasteiger partial charge in [0.2, 0.25) is 11.0 Å². The van der Waals surface area contributed by atoms with Crippen molar-refractivity contribution in [2.75, 3.05) is 23.1 Å². The number of benzene rings is 2. The molecule has 208 valence electrons. The van der Waals surface area contributed by atoms with E-state index in [1.54, 1.807) is 53.4 Å². The molecule has 5 rings (SSSR count). The van der Waals surface area contributed by atoms with E-state index in [1.165, 1.54) is 30.2 Å². The van der Waals surface area contributed by atoms with Crippen LogP contribution in [-0.2, 0) is 14.3 Å². The summed E-state index contributed by atoms with van der Waals surface area (Å²) in [5.41, 5.74) is 9.49. The number of thioether (sulfide) groups is 1. The molecule has 2 aromatic carbocycles. The molecule has 0 fully saturated rings. The maximum Gasteiger partial charge on any atom is 0.337 e. The van der Waals surface area contributed by atoms with Crippen molar-refractivity contribution in [2.45, 2.75) is 29.5 Å². The van der Waals surface area contributed by atoms with E-state index in [2.05, 4.69) is 21.6 Å². The van der Waals surface area contributed by atoms with E-state index in [0.29, 0.717) is 61.8 Å². The number of methoxy groups -OCH3 is 1. The molecule has 0 saturated carbocycles. The number of nitrogens with zero attached hydrogens (tertiary/aromatic N) is 4. The number of esters is 1. The summed E-state index contributed by atoms with van der Waals surface area (Å²) < 4.78 is 5.30. The number of nitrogens with two attached hydrogens (primary N) is 1. The number of halogens is 1. The Morgan fingerprint density at radius 2 is 1.98 bits per heavy atom. The number of amides is 1. The second-order valence-corrected chi connectivity index (χ2v) is 11.7. The Morgan fingerprint density at radius 1 is 1.22 bits per heavy atom. The van der Waals surface area contributed by atoms with Crippen LogP contribution in [0.15, 0.2) is 75.5 Å². The van der Waals surface area contributed by atoms with Gasteiger partial charge in [-0.3, -0.25) is 14.5 Å². The maximum atomic E-state index is 13.3. The van der Waals surface area contributed by atoms with Gasteiger partial charge in [0.1, 0.15) is 5.82 Å². The first-order valence-corrected chi connectivity index (χ1v) is 14.7. The summed E-state index contributed by atoms with van der Waals surface area (Å²) in [7, 11) is 1.30. The van der Waals surface area contributed by atoms with Crippen LogP contribution in [0.25, 0.3) is 0 Å². The van der Waals surface area contributed by atoms with Crippen molar-refractivity contribution in [1.82, 2.24) is 10.2 Å². The normalized spacial score (nSPS) is 16.8. The number of rotatable bonds is 7. The molecule has 41 heavy (non-hydrogen) atoms. The largest absolute Gasteiger partial charge is 0.465 e. The summed E-state index contributed by atoms with van der Waals surface area (Å²) in [6.07, 6.45) is 1.53. The van der Waals surface area contributed by atoms with Crippen LogP contribution >= 0.6 is 34.7 Å². The van der Waals surface area contributed by atoms with Crippen LogP contribution in [0.2, 0.25) is 5.02 Å². The highest BCUT2D eigenvalue weighted by Gasteiger charge is 2.41. The third-order valence-corrected chi connectivity index (χ3v) is 9.01. The minimum atomic E-state index is -0.680. The van der Waals surface area contributed by atoms with Crippen LogP contribution in [0.3, 0.4) is 0 Å². The molecule has 1 atom stereocenters. The van der Waals surface area contributed by atoms with E-state index in [9.17, 15) is 19.6 Å². The smallest absolute Gasteiger partial charge is 0.337 e. The number of ketones is 1. The zero-order valence-electron chi connectivity index (χ0n) is 21.7. The lowest BCUT2D eigenvalue weighted by atomic mass is 9.75. The van der Waals surface area contributed by atoms with Crippen LogP contribution in [0.4, 0.5) is 10.8 Å². The van der Waals surface area contributed by atoms with E-state index in [4.69, 9.17) is 22.1 Å². The van der Waals surface area contributed by atoms with Gasteiger partial charge in [0.25, 0.3) is 0 Å². The molecule has 1 amide bonds. The average molecular weight is 607 g/mol. The first-order chi connectivity index (χ1) is 19.8. The minimum Gasteiger partial charge on any atom is -0.465 e. The first kappa shape index (κ1) is 28.4. The van der Waals surface area contributed by atoms with Crippen molar-refractivity contribution < 1.29 is 19.1 Å². The molecule has 2 aliphatic rings. The lowest BCUT2D eigenvalue weighted by Gasteiger charge is -2.38. The Kier molecular flexibility index (Phi) is 8.39. The van der Waals surface area contributed by atoms with Gasteiger partial charge in [-0.2, -0.15) is 5.26 Å². The van der Waals surface area contributed by atoms with E-state index < -0.39 is 11.9 Å². The molecule has 1 aliphatic heterocycles. The molecule has 10 nitrogen and oxygen atoms in total. The SMILES string of the molecule is COC(=O)c1ccc(C2C(C#N)=C(N)N(c3nnc(SCC(=O)Nc4ccccc4Cl)s3)C3=C2C(=O)CCC3)cc1. The van der Waals surface area contributed by atoms with Gasteiger partial charge in [0.15, 0.2) is 10.1 Å². The fourth-order valence-corrected chi connectivity index (χ4v) is 6.66. The molecular weight excluding hydrogens is 584 g/mol. The van der Waals surface area contributed by atoms with Gasteiger partial charge in [-0.25, -0.2) is 4.79 Å². The molecule has 1 aliphatic carbocycles. The van der Waals surface area contributed by atoms with Crippen molar-refractivity contribution >= 4 is 63.2 Å². The van der Waals surface area contributed by atoms with Crippen molar-refractivity contribution in [3.05, 3.63) is 87.3 Å². The lowest BCUT2D eigenvalue weighted by Crippen LogP contribution is -2.38. The van der Waals surface area contributed by atoms with Crippen molar-refractivity contribution in [3.8, 4) is 6.07 Å². The van der Waals surface area contributed by atoms with Crippen LogP contribution < -0.4 is 16.0 Å². The minimum absolute atomic E-state index is 0.0741. The Hall–Kier alpha value is -4.18. The van der Waals surface area contributed by atoms with E-state index in [0.717, 1.165) is 0 Å². The molecule has 3 aromatic rings. The predicted octanol–water partition coefficient (Wildman–Crippen LogP) is 5.01. The average Bonchev–Trinajstić information content (AvgIpc) is 3.45. The third-order valence-electron chi connectivity index (χ3n) is 6.64. The summed E-state index contributed by atoms with van der Waals surface area (Å²) in [5.74, 6) is -1.26. The third kappa shape index (κ3) is 5.69. The highest BCUT2D eigenvalue weighted by Crippen LogP contribution is 2.47. The molecule has 0 spiro atoms. The predicted molar refractivity (Wildman–Crippen MR) is 156 cm³/mol. The number of carbonyl (C=O) groups is 3. The Labute approximate surface area is 248 Å². The number of aromatic nitrogens is 2. The van der Waals surface area contributed by atoms with Crippen LogP contribution in [-0.4, -0.2) is 40.7 Å². The zero-order chi connectivity index (χ0) is 29.1. The number of allylic oxidation sites excluding steroid dienone is 3. The van der Waals surface area contributed by atoms with Gasteiger partial charge in [0, 0.05) is 17.7 Å². The fraction of sp³-hybridized carbons (Fsp3) is 0.214. The summed E-state index contributed by atoms with van der Waals surface area (Å²) in [6.45, 7) is 0. The highest BCUT2D eigenvalue weighted by atomic mass is 35.5. The van der Waals surface area contributed by atoms with Crippen molar-refractivity contribution in [2.24, 2.45) is 5.73 Å². The number of hydrogen-bond acceptors (Lipinski definition) is 11. The van der Waals surface area contributed by atoms with Gasteiger partial charge in [0.05, 0.1) is 46.7 Å². The maximum absolute atomic E-state index is 13.3. The van der Waals surface area contributed by atoms with Gasteiger partial charge in [-0.1, -0.05) is 59.0 Å². The molecule has 0 saturated heterocycles. The number of carbonyl (C=O) groups excluding carboxylic acids is 3. The first-order valence-electron chi connectivity index (χ1n) is 12.5. The molecule has 13 heteroatoms. The lowest BCUT2D eigenvalue weighted by molar-refractivity contribution is -0.116. The van der Waals surface area contributed by atoms with Crippen LogP contribution in [0.1, 0.15) is 41.1 Å². The fourth-order valence-electron chi connectivity index (χ4n) is 4.80. The topological polar surface area (TPSA) is 151 Å². The van der Waals surface area contributed by atoms with Gasteiger partial charge < -0.3 is 15.8 Å². The monoisotopic (exact) mass is 606 g/mol. The number of Topliss-reactive ketones (excluding diaryl/α,β-unsaturated/α-hetero) is 1. The van der Waals surface area contributed by atoms with E-state index in [1.807, 2.05) is 0 Å².